The Morgan fingerprint density at radius 3 is 2.58 bits per heavy atom. The van der Waals surface area contributed by atoms with E-state index in [2.05, 4.69) is 10.3 Å². The summed E-state index contributed by atoms with van der Waals surface area (Å²) in [5.41, 5.74) is 0.867. The number of nitrogens with one attached hydrogen (secondary N) is 1. The minimum atomic E-state index is -4.59. The first-order valence-corrected chi connectivity index (χ1v) is 9.40. The fraction of sp³-hybridized carbons (Fsp3) is 0.136. The number of alkyl halides is 3. The number of nitrogens with zero attached hydrogens (tertiary/aromatic N) is 3. The number of aromatic nitrogens is 2. The summed E-state index contributed by atoms with van der Waals surface area (Å²) in [7, 11) is 0. The van der Waals surface area contributed by atoms with Gasteiger partial charge >= 0.3 is 6.18 Å². The summed E-state index contributed by atoms with van der Waals surface area (Å²) in [6.07, 6.45) is -1.71. The van der Waals surface area contributed by atoms with Gasteiger partial charge in [-0.25, -0.2) is 4.98 Å². The van der Waals surface area contributed by atoms with E-state index in [9.17, 15) is 23.2 Å². The Hall–Kier alpha value is -3.57. The zero-order chi connectivity index (χ0) is 22.8. The highest BCUT2D eigenvalue weighted by Crippen LogP contribution is 2.36. The molecule has 0 saturated heterocycles. The highest BCUT2D eigenvalue weighted by atomic mass is 35.5. The van der Waals surface area contributed by atoms with Gasteiger partial charge in [0.05, 0.1) is 10.6 Å². The average Bonchev–Trinajstić information content (AvgIpc) is 2.99. The molecule has 0 bridgehead atoms. The summed E-state index contributed by atoms with van der Waals surface area (Å²) in [5.74, 6) is -0.350. The first-order chi connectivity index (χ1) is 14.6. The van der Waals surface area contributed by atoms with Crippen LogP contribution in [-0.4, -0.2) is 15.5 Å². The maximum atomic E-state index is 13.2. The van der Waals surface area contributed by atoms with Crippen LogP contribution >= 0.6 is 11.6 Å². The second kappa shape index (κ2) is 8.66. The second-order valence-corrected chi connectivity index (χ2v) is 7.07. The summed E-state index contributed by atoms with van der Waals surface area (Å²) in [6, 6.07) is 12.1. The maximum absolute atomic E-state index is 13.2. The van der Waals surface area contributed by atoms with Crippen LogP contribution in [0.1, 0.15) is 22.5 Å². The molecular formula is C22H16ClF3N4O. The maximum Gasteiger partial charge on any atom is 0.417 e. The molecule has 1 amide bonds. The molecule has 0 aliphatic carbocycles. The minimum Gasteiger partial charge on any atom is -0.318 e. The van der Waals surface area contributed by atoms with E-state index in [0.717, 1.165) is 6.07 Å². The van der Waals surface area contributed by atoms with Crippen molar-refractivity contribution in [2.24, 2.45) is 0 Å². The molecule has 3 rings (SSSR count). The molecule has 0 unspecified atom stereocenters. The van der Waals surface area contributed by atoms with Gasteiger partial charge in [-0.3, -0.25) is 4.79 Å². The predicted octanol–water partition coefficient (Wildman–Crippen LogP) is 5.71. The van der Waals surface area contributed by atoms with Crippen molar-refractivity contribution in [2.45, 2.75) is 20.0 Å². The van der Waals surface area contributed by atoms with Gasteiger partial charge < -0.3 is 9.88 Å². The highest BCUT2D eigenvalue weighted by Gasteiger charge is 2.33. The smallest absolute Gasteiger partial charge is 0.318 e. The van der Waals surface area contributed by atoms with Gasteiger partial charge in [0.2, 0.25) is 0 Å². The molecule has 5 nitrogen and oxygen atoms in total. The first kappa shape index (κ1) is 22.1. The zero-order valence-corrected chi connectivity index (χ0v) is 17.2. The van der Waals surface area contributed by atoms with Gasteiger partial charge in [-0.05, 0) is 61.9 Å². The van der Waals surface area contributed by atoms with Crippen molar-refractivity contribution in [3.8, 4) is 11.8 Å². The topological polar surface area (TPSA) is 70.7 Å². The van der Waals surface area contributed by atoms with Gasteiger partial charge in [-0.2, -0.15) is 18.4 Å². The SMILES string of the molecule is Cc1cc(/C=C(\C#N)C(=O)Nc2ccccn2)c(C)n1-c1ccc(Cl)c(C(F)(F)F)c1. The second-order valence-electron chi connectivity index (χ2n) is 6.66. The molecule has 1 aromatic carbocycles. The van der Waals surface area contributed by atoms with Crippen LogP contribution < -0.4 is 5.32 Å². The molecule has 0 fully saturated rings. The number of benzene rings is 1. The number of hydrogen-bond acceptors (Lipinski definition) is 3. The Labute approximate surface area is 181 Å². The van der Waals surface area contributed by atoms with Crippen LogP contribution in [0.2, 0.25) is 5.02 Å². The summed E-state index contributed by atoms with van der Waals surface area (Å²) in [6.45, 7) is 3.40. The van der Waals surface area contributed by atoms with Crippen molar-refractivity contribution >= 4 is 29.4 Å². The molecule has 2 aromatic heterocycles. The molecule has 0 spiro atoms. The summed E-state index contributed by atoms with van der Waals surface area (Å²) in [5, 5.41) is 11.6. The Morgan fingerprint density at radius 1 is 1.23 bits per heavy atom. The standard InChI is InChI=1S/C22H16ClF3N4O/c1-13-9-15(10-16(12-27)21(31)29-20-5-3-4-8-28-20)14(2)30(13)17-6-7-19(23)18(11-17)22(24,25)26/h3-11H,1-2H3,(H,28,29,31)/b16-10+. The van der Waals surface area contributed by atoms with Crippen LogP contribution in [0, 0.1) is 25.2 Å². The lowest BCUT2D eigenvalue weighted by atomic mass is 10.1. The third kappa shape index (κ3) is 4.78. The van der Waals surface area contributed by atoms with Crippen LogP contribution in [0.4, 0.5) is 19.0 Å². The lowest BCUT2D eigenvalue weighted by Gasteiger charge is -2.14. The van der Waals surface area contributed by atoms with Crippen molar-refractivity contribution in [1.29, 1.82) is 5.26 Å². The van der Waals surface area contributed by atoms with E-state index in [1.165, 1.54) is 24.4 Å². The third-order valence-electron chi connectivity index (χ3n) is 4.56. The van der Waals surface area contributed by atoms with E-state index in [1.807, 2.05) is 6.07 Å². The average molecular weight is 445 g/mol. The van der Waals surface area contributed by atoms with Crippen molar-refractivity contribution in [3.63, 3.8) is 0 Å². The predicted molar refractivity (Wildman–Crippen MR) is 112 cm³/mol. The Morgan fingerprint density at radius 2 is 1.97 bits per heavy atom. The van der Waals surface area contributed by atoms with Gasteiger partial charge in [0, 0.05) is 23.3 Å². The van der Waals surface area contributed by atoms with E-state index in [4.69, 9.17) is 11.6 Å². The van der Waals surface area contributed by atoms with E-state index in [0.29, 0.717) is 22.8 Å². The molecule has 0 atom stereocenters. The molecule has 3 aromatic rings. The van der Waals surface area contributed by atoms with Crippen molar-refractivity contribution in [1.82, 2.24) is 9.55 Å². The largest absolute Gasteiger partial charge is 0.417 e. The number of aryl methyl sites for hydroxylation is 1. The molecule has 158 valence electrons. The highest BCUT2D eigenvalue weighted by molar-refractivity contribution is 6.31. The number of amides is 1. The number of hydrogen-bond donors (Lipinski definition) is 1. The third-order valence-corrected chi connectivity index (χ3v) is 4.88. The van der Waals surface area contributed by atoms with Gasteiger partial charge in [-0.1, -0.05) is 17.7 Å². The molecule has 0 aliphatic heterocycles. The summed E-state index contributed by atoms with van der Waals surface area (Å²) >= 11 is 5.72. The number of nitriles is 1. The van der Waals surface area contributed by atoms with Gasteiger partial charge in [0.1, 0.15) is 17.5 Å². The van der Waals surface area contributed by atoms with E-state index in [1.54, 1.807) is 42.7 Å². The fourth-order valence-electron chi connectivity index (χ4n) is 3.13. The monoisotopic (exact) mass is 444 g/mol. The van der Waals surface area contributed by atoms with Crippen LogP contribution in [0.25, 0.3) is 11.8 Å². The molecule has 9 heteroatoms. The van der Waals surface area contributed by atoms with Gasteiger partial charge in [0.25, 0.3) is 5.91 Å². The number of carbonyl (C=O) groups is 1. The number of halogens is 4. The molecule has 0 saturated carbocycles. The van der Waals surface area contributed by atoms with E-state index in [-0.39, 0.29) is 11.3 Å². The molecule has 1 N–H and O–H groups in total. The number of pyridine rings is 1. The molecule has 0 radical (unpaired) electrons. The van der Waals surface area contributed by atoms with Crippen molar-refractivity contribution < 1.29 is 18.0 Å². The number of anilines is 1. The van der Waals surface area contributed by atoms with E-state index < -0.39 is 22.7 Å². The lowest BCUT2D eigenvalue weighted by Crippen LogP contribution is -2.14. The van der Waals surface area contributed by atoms with Crippen molar-refractivity contribution in [3.05, 3.63) is 81.8 Å². The van der Waals surface area contributed by atoms with E-state index >= 15 is 0 Å². The van der Waals surface area contributed by atoms with Gasteiger partial charge in [0.15, 0.2) is 0 Å². The Kier molecular flexibility index (Phi) is 6.18. The summed E-state index contributed by atoms with van der Waals surface area (Å²) < 4.78 is 41.3. The molecule has 0 aliphatic rings. The van der Waals surface area contributed by atoms with Crippen LogP contribution in [0.3, 0.4) is 0 Å². The minimum absolute atomic E-state index is 0.169. The quantitative estimate of drug-likeness (QED) is 0.414. The normalized spacial score (nSPS) is 11.8. The fourth-order valence-corrected chi connectivity index (χ4v) is 3.35. The number of carbonyl (C=O) groups excluding carboxylic acids is 1. The van der Waals surface area contributed by atoms with Crippen LogP contribution in [-0.2, 0) is 11.0 Å². The molecular weight excluding hydrogens is 429 g/mol. The van der Waals surface area contributed by atoms with Crippen LogP contribution in [0.5, 0.6) is 0 Å². The van der Waals surface area contributed by atoms with Crippen LogP contribution in [0.15, 0.2) is 54.2 Å². The van der Waals surface area contributed by atoms with Gasteiger partial charge in [-0.15, -0.1) is 0 Å². The first-order valence-electron chi connectivity index (χ1n) is 9.02. The number of rotatable bonds is 4. The molecule has 31 heavy (non-hydrogen) atoms. The van der Waals surface area contributed by atoms with Crippen molar-refractivity contribution in [2.75, 3.05) is 5.32 Å². The molecule has 2 heterocycles. The lowest BCUT2D eigenvalue weighted by molar-refractivity contribution is -0.137. The zero-order valence-electron chi connectivity index (χ0n) is 16.5. The Bertz CT molecular complexity index is 1210. The summed E-state index contributed by atoms with van der Waals surface area (Å²) in [4.78, 5) is 16.4. The Balaban J connectivity index is 1.99.